The fourth-order valence-electron chi connectivity index (χ4n) is 7.99. The van der Waals surface area contributed by atoms with E-state index >= 15 is 0 Å². The van der Waals surface area contributed by atoms with Gasteiger partial charge in [-0.3, -0.25) is 0 Å². The number of thiophene rings is 1. The first-order valence-corrected chi connectivity index (χ1v) is 18.4. The topological polar surface area (TPSA) is 30.7 Å². The van der Waals surface area contributed by atoms with Crippen molar-refractivity contribution in [3.05, 3.63) is 176 Å². The number of para-hydroxylation sites is 3. The zero-order valence-electron chi connectivity index (χ0n) is 28.0. The van der Waals surface area contributed by atoms with Crippen molar-refractivity contribution in [1.29, 1.82) is 0 Å². The largest absolute Gasteiger partial charge is 0.309 e. The lowest BCUT2D eigenvalue weighted by molar-refractivity contribution is 1.18. The third-order valence-electron chi connectivity index (χ3n) is 10.4. The summed E-state index contributed by atoms with van der Waals surface area (Å²) in [5.41, 5.74) is 10.1. The van der Waals surface area contributed by atoms with Crippen molar-refractivity contribution in [1.82, 2.24) is 14.5 Å². The fraction of sp³-hybridized carbons (Fsp3) is 0. The molecule has 0 spiro atoms. The SMILES string of the molecule is c1ccc(-c2nc(-c3cc4ccccc4c4c3sc3cc(-c5ccc6c(c5)c5ccccc5n6-c5ccccc5)ccc34)nc3ccccc23)cc1. The lowest BCUT2D eigenvalue weighted by Gasteiger charge is -2.11. The van der Waals surface area contributed by atoms with Crippen LogP contribution in [0.3, 0.4) is 0 Å². The molecule has 3 heterocycles. The van der Waals surface area contributed by atoms with E-state index in [2.05, 4.69) is 174 Å². The minimum Gasteiger partial charge on any atom is -0.309 e. The second-order valence-corrected chi connectivity index (χ2v) is 14.4. The summed E-state index contributed by atoms with van der Waals surface area (Å²) in [6.07, 6.45) is 0. The highest BCUT2D eigenvalue weighted by molar-refractivity contribution is 7.26. The van der Waals surface area contributed by atoms with Crippen molar-refractivity contribution in [2.75, 3.05) is 0 Å². The van der Waals surface area contributed by atoms with E-state index in [0.717, 1.165) is 33.5 Å². The van der Waals surface area contributed by atoms with Crippen molar-refractivity contribution in [2.24, 2.45) is 0 Å². The Morgan fingerprint density at radius 2 is 1.12 bits per heavy atom. The molecule has 0 aliphatic heterocycles. The summed E-state index contributed by atoms with van der Waals surface area (Å²) in [5.74, 6) is 0.750. The Balaban J connectivity index is 1.13. The van der Waals surface area contributed by atoms with Crippen LogP contribution in [0, 0.1) is 0 Å². The molecule has 3 aromatic heterocycles. The quantitative estimate of drug-likeness (QED) is 0.185. The maximum Gasteiger partial charge on any atom is 0.161 e. The number of benzene rings is 8. The molecule has 0 amide bonds. The molecule has 11 aromatic rings. The molecule has 0 N–H and O–H groups in total. The van der Waals surface area contributed by atoms with Crippen molar-refractivity contribution >= 4 is 75.0 Å². The van der Waals surface area contributed by atoms with Crippen LogP contribution in [0.2, 0.25) is 0 Å². The maximum absolute atomic E-state index is 5.30. The summed E-state index contributed by atoms with van der Waals surface area (Å²) in [7, 11) is 0. The smallest absolute Gasteiger partial charge is 0.161 e. The van der Waals surface area contributed by atoms with Gasteiger partial charge in [-0.25, -0.2) is 9.97 Å². The first kappa shape index (κ1) is 29.1. The minimum absolute atomic E-state index is 0.750. The van der Waals surface area contributed by atoms with Crippen LogP contribution in [0.1, 0.15) is 0 Å². The molecule has 0 aliphatic carbocycles. The molecule has 0 aliphatic rings. The highest BCUT2D eigenvalue weighted by atomic mass is 32.1. The molecule has 0 saturated carbocycles. The Kier molecular flexibility index (Phi) is 6.42. The molecule has 8 aromatic carbocycles. The summed E-state index contributed by atoms with van der Waals surface area (Å²) in [4.78, 5) is 10.5. The maximum atomic E-state index is 5.30. The molecule has 0 unspecified atom stereocenters. The van der Waals surface area contributed by atoms with Crippen LogP contribution < -0.4 is 0 Å². The molecule has 0 saturated heterocycles. The van der Waals surface area contributed by atoms with Gasteiger partial charge in [-0.15, -0.1) is 11.3 Å². The third kappa shape index (κ3) is 4.45. The van der Waals surface area contributed by atoms with Crippen LogP contribution in [0.4, 0.5) is 0 Å². The lowest BCUT2D eigenvalue weighted by Crippen LogP contribution is -1.95. The predicted molar refractivity (Wildman–Crippen MR) is 221 cm³/mol. The highest BCUT2D eigenvalue weighted by Crippen LogP contribution is 2.45. The monoisotopic (exact) mass is 679 g/mol. The summed E-state index contributed by atoms with van der Waals surface area (Å²) >= 11 is 1.84. The van der Waals surface area contributed by atoms with E-state index in [-0.39, 0.29) is 0 Å². The summed E-state index contributed by atoms with van der Waals surface area (Å²) in [6.45, 7) is 0. The van der Waals surface area contributed by atoms with Crippen molar-refractivity contribution in [3.8, 4) is 39.5 Å². The van der Waals surface area contributed by atoms with Gasteiger partial charge in [0, 0.05) is 53.1 Å². The van der Waals surface area contributed by atoms with E-state index in [4.69, 9.17) is 9.97 Å². The van der Waals surface area contributed by atoms with E-state index in [1.54, 1.807) is 0 Å². The molecular weight excluding hydrogens is 651 g/mol. The van der Waals surface area contributed by atoms with Crippen molar-refractivity contribution in [2.45, 2.75) is 0 Å². The Bertz CT molecular complexity index is 3180. The summed E-state index contributed by atoms with van der Waals surface area (Å²) in [5, 5.41) is 8.52. The van der Waals surface area contributed by atoms with Gasteiger partial charge < -0.3 is 4.57 Å². The van der Waals surface area contributed by atoms with Crippen LogP contribution in [0.25, 0.3) is 103 Å². The summed E-state index contributed by atoms with van der Waals surface area (Å²) in [6, 6.07) is 63.0. The van der Waals surface area contributed by atoms with Crippen LogP contribution in [0.15, 0.2) is 176 Å². The molecule has 0 bridgehead atoms. The highest BCUT2D eigenvalue weighted by Gasteiger charge is 2.19. The minimum atomic E-state index is 0.750. The average Bonchev–Trinajstić information content (AvgIpc) is 3.76. The van der Waals surface area contributed by atoms with Gasteiger partial charge >= 0.3 is 0 Å². The third-order valence-corrected chi connectivity index (χ3v) is 11.6. The van der Waals surface area contributed by atoms with Gasteiger partial charge in [-0.05, 0) is 70.4 Å². The number of nitrogens with zero attached hydrogens (tertiary/aromatic N) is 3. The fourth-order valence-corrected chi connectivity index (χ4v) is 9.26. The van der Waals surface area contributed by atoms with E-state index < -0.39 is 0 Å². The second kappa shape index (κ2) is 11.5. The van der Waals surface area contributed by atoms with Crippen molar-refractivity contribution in [3.63, 3.8) is 0 Å². The van der Waals surface area contributed by atoms with Crippen LogP contribution >= 0.6 is 11.3 Å². The van der Waals surface area contributed by atoms with E-state index in [9.17, 15) is 0 Å². The molecule has 11 rings (SSSR count). The number of hydrogen-bond acceptors (Lipinski definition) is 3. The van der Waals surface area contributed by atoms with E-state index in [1.165, 1.54) is 69.6 Å². The van der Waals surface area contributed by atoms with Gasteiger partial charge in [0.25, 0.3) is 0 Å². The zero-order valence-corrected chi connectivity index (χ0v) is 28.8. The van der Waals surface area contributed by atoms with E-state index in [1.807, 2.05) is 17.4 Å². The van der Waals surface area contributed by atoms with Gasteiger partial charge in [0.05, 0.1) is 22.2 Å². The lowest BCUT2D eigenvalue weighted by atomic mass is 9.97. The van der Waals surface area contributed by atoms with Gasteiger partial charge in [0.1, 0.15) is 0 Å². The van der Waals surface area contributed by atoms with Crippen LogP contribution in [0.5, 0.6) is 0 Å². The first-order valence-electron chi connectivity index (χ1n) is 17.6. The predicted octanol–water partition coefficient (Wildman–Crippen LogP) is 13.2. The molecule has 52 heavy (non-hydrogen) atoms. The summed E-state index contributed by atoms with van der Waals surface area (Å²) < 4.78 is 4.83. The molecule has 0 fully saturated rings. The molecular formula is C48H29N3S. The normalized spacial score (nSPS) is 11.8. The van der Waals surface area contributed by atoms with Gasteiger partial charge in [-0.2, -0.15) is 0 Å². The first-order chi connectivity index (χ1) is 25.8. The van der Waals surface area contributed by atoms with Gasteiger partial charge in [-0.1, -0.05) is 127 Å². The van der Waals surface area contributed by atoms with Crippen LogP contribution in [-0.2, 0) is 0 Å². The molecule has 242 valence electrons. The van der Waals surface area contributed by atoms with Gasteiger partial charge in [0.15, 0.2) is 5.82 Å². The Hall–Kier alpha value is -6.62. The zero-order chi connectivity index (χ0) is 34.2. The Labute approximate surface area is 303 Å². The van der Waals surface area contributed by atoms with E-state index in [0.29, 0.717) is 0 Å². The second-order valence-electron chi connectivity index (χ2n) is 13.4. The number of aromatic nitrogens is 3. The average molecular weight is 680 g/mol. The standard InChI is InChI=1S/C48H29N3S/c1-3-13-30(14-4-1)46-37-20-9-11-21-41(37)49-48(50-46)40-28-33-15-7-8-18-35(33)45-38-25-23-32(29-44(38)52-47(40)45)31-24-26-43-39(27-31)36-19-10-12-22-42(36)51(43)34-16-5-2-6-17-34/h1-29H. The molecule has 0 radical (unpaired) electrons. The molecule has 0 atom stereocenters. The van der Waals surface area contributed by atoms with Crippen LogP contribution in [-0.4, -0.2) is 14.5 Å². The number of rotatable bonds is 4. The van der Waals surface area contributed by atoms with Gasteiger partial charge in [0.2, 0.25) is 0 Å². The molecule has 4 heteroatoms. The molecule has 3 nitrogen and oxygen atoms in total. The number of fused-ring (bicyclic) bond motifs is 9. The number of hydrogen-bond donors (Lipinski definition) is 0. The van der Waals surface area contributed by atoms with Crippen molar-refractivity contribution < 1.29 is 0 Å². The Morgan fingerprint density at radius 1 is 0.442 bits per heavy atom. The Morgan fingerprint density at radius 3 is 1.98 bits per heavy atom.